The first-order valence-electron chi connectivity index (χ1n) is 6.51. The predicted molar refractivity (Wildman–Crippen MR) is 84.4 cm³/mol. The van der Waals surface area contributed by atoms with Crippen LogP contribution in [0, 0.1) is 12.7 Å². The van der Waals surface area contributed by atoms with Gasteiger partial charge in [0.25, 0.3) is 5.91 Å². The lowest BCUT2D eigenvalue weighted by molar-refractivity contribution is 0.102. The molecule has 0 heterocycles. The van der Waals surface area contributed by atoms with Gasteiger partial charge < -0.3 is 10.1 Å². The zero-order chi connectivity index (χ0) is 15.4. The van der Waals surface area contributed by atoms with Crippen molar-refractivity contribution in [2.75, 3.05) is 11.9 Å². The molecule has 3 nitrogen and oxygen atoms in total. The van der Waals surface area contributed by atoms with Crippen LogP contribution in [0.4, 0.5) is 10.1 Å². The third kappa shape index (κ3) is 3.82. The summed E-state index contributed by atoms with van der Waals surface area (Å²) < 4.78 is 19.7. The number of nitrogens with one attached hydrogen (secondary N) is 1. The molecular weight excluding hydrogens is 337 g/mol. The van der Waals surface area contributed by atoms with E-state index in [0.29, 0.717) is 16.8 Å². The first-order valence-corrected chi connectivity index (χ1v) is 7.30. The van der Waals surface area contributed by atoms with Gasteiger partial charge in [-0.15, -0.1) is 0 Å². The van der Waals surface area contributed by atoms with Crippen molar-refractivity contribution in [3.63, 3.8) is 0 Å². The Balaban J connectivity index is 2.19. The van der Waals surface area contributed by atoms with E-state index in [1.165, 1.54) is 12.1 Å². The van der Waals surface area contributed by atoms with E-state index < -0.39 is 11.7 Å². The first-order chi connectivity index (χ1) is 10.0. The van der Waals surface area contributed by atoms with E-state index in [-0.39, 0.29) is 5.56 Å². The molecule has 0 saturated carbocycles. The molecule has 2 aromatic rings. The standard InChI is InChI=1S/C16H15BrFNO2/c1-3-21-12-5-7-15(10(2)8-12)19-16(20)13-6-4-11(17)9-14(13)18/h4-9H,3H2,1-2H3,(H,19,20). The van der Waals surface area contributed by atoms with E-state index in [2.05, 4.69) is 21.2 Å². The summed E-state index contributed by atoms with van der Waals surface area (Å²) in [5.41, 5.74) is 1.49. The van der Waals surface area contributed by atoms with Gasteiger partial charge in [-0.05, 0) is 55.8 Å². The summed E-state index contributed by atoms with van der Waals surface area (Å²) in [6.07, 6.45) is 0. The second-order valence-corrected chi connectivity index (χ2v) is 5.40. The highest BCUT2D eigenvalue weighted by molar-refractivity contribution is 9.10. The zero-order valence-corrected chi connectivity index (χ0v) is 13.3. The van der Waals surface area contributed by atoms with Crippen molar-refractivity contribution in [3.8, 4) is 5.75 Å². The predicted octanol–water partition coefficient (Wildman–Crippen LogP) is 4.55. The van der Waals surface area contributed by atoms with Crippen molar-refractivity contribution in [1.82, 2.24) is 0 Å². The number of halogens is 2. The van der Waals surface area contributed by atoms with E-state index in [1.54, 1.807) is 18.2 Å². The van der Waals surface area contributed by atoms with Crippen LogP contribution in [-0.2, 0) is 0 Å². The molecule has 110 valence electrons. The van der Waals surface area contributed by atoms with Crippen LogP contribution in [0.5, 0.6) is 5.75 Å². The van der Waals surface area contributed by atoms with Crippen LogP contribution in [-0.4, -0.2) is 12.5 Å². The monoisotopic (exact) mass is 351 g/mol. The molecule has 0 bridgehead atoms. The molecule has 1 amide bonds. The van der Waals surface area contributed by atoms with Crippen LogP contribution in [0.1, 0.15) is 22.8 Å². The summed E-state index contributed by atoms with van der Waals surface area (Å²) in [5, 5.41) is 2.71. The summed E-state index contributed by atoms with van der Waals surface area (Å²) in [5.74, 6) is -0.305. The van der Waals surface area contributed by atoms with Gasteiger partial charge in [-0.2, -0.15) is 0 Å². The number of carbonyl (C=O) groups is 1. The Hall–Kier alpha value is -1.88. The van der Waals surface area contributed by atoms with Crippen LogP contribution in [0.25, 0.3) is 0 Å². The fourth-order valence-electron chi connectivity index (χ4n) is 1.90. The maximum absolute atomic E-state index is 13.8. The molecule has 1 N–H and O–H groups in total. The second-order valence-electron chi connectivity index (χ2n) is 4.49. The van der Waals surface area contributed by atoms with Gasteiger partial charge in [0.1, 0.15) is 11.6 Å². The summed E-state index contributed by atoms with van der Waals surface area (Å²) in [4.78, 5) is 12.1. The third-order valence-electron chi connectivity index (χ3n) is 2.93. The van der Waals surface area contributed by atoms with Crippen LogP contribution in [0.3, 0.4) is 0 Å². The molecule has 0 aliphatic heterocycles. The first kappa shape index (κ1) is 15.5. The lowest BCUT2D eigenvalue weighted by atomic mass is 10.1. The van der Waals surface area contributed by atoms with Gasteiger partial charge in [0.2, 0.25) is 0 Å². The largest absolute Gasteiger partial charge is 0.494 e. The van der Waals surface area contributed by atoms with Crippen molar-refractivity contribution in [3.05, 3.63) is 57.8 Å². The minimum absolute atomic E-state index is 0.00600. The second kappa shape index (κ2) is 6.72. The Labute approximate surface area is 131 Å². The van der Waals surface area contributed by atoms with Crippen molar-refractivity contribution in [1.29, 1.82) is 0 Å². The molecule has 2 aromatic carbocycles. The number of hydrogen-bond acceptors (Lipinski definition) is 2. The lowest BCUT2D eigenvalue weighted by Crippen LogP contribution is -2.14. The van der Waals surface area contributed by atoms with Gasteiger partial charge in [-0.1, -0.05) is 15.9 Å². The number of hydrogen-bond donors (Lipinski definition) is 1. The van der Waals surface area contributed by atoms with E-state index in [1.807, 2.05) is 19.9 Å². The topological polar surface area (TPSA) is 38.3 Å². The van der Waals surface area contributed by atoms with Gasteiger partial charge >= 0.3 is 0 Å². The molecule has 21 heavy (non-hydrogen) atoms. The number of aryl methyl sites for hydroxylation is 1. The van der Waals surface area contributed by atoms with Crippen molar-refractivity contribution < 1.29 is 13.9 Å². The van der Waals surface area contributed by atoms with Crippen LogP contribution >= 0.6 is 15.9 Å². The Kier molecular flexibility index (Phi) is 4.96. The van der Waals surface area contributed by atoms with E-state index in [4.69, 9.17) is 4.74 Å². The number of ether oxygens (including phenoxy) is 1. The number of amides is 1. The van der Waals surface area contributed by atoms with Crippen molar-refractivity contribution >= 4 is 27.5 Å². The highest BCUT2D eigenvalue weighted by Gasteiger charge is 2.13. The Morgan fingerprint density at radius 2 is 2.05 bits per heavy atom. The molecule has 0 aromatic heterocycles. The highest BCUT2D eigenvalue weighted by Crippen LogP contribution is 2.23. The summed E-state index contributed by atoms with van der Waals surface area (Å²) in [6.45, 7) is 4.34. The smallest absolute Gasteiger partial charge is 0.258 e. The van der Waals surface area contributed by atoms with Gasteiger partial charge in [0.05, 0.1) is 12.2 Å². The third-order valence-corrected chi connectivity index (χ3v) is 3.43. The fourth-order valence-corrected chi connectivity index (χ4v) is 2.23. The maximum atomic E-state index is 13.8. The summed E-state index contributed by atoms with van der Waals surface area (Å²) in [7, 11) is 0. The summed E-state index contributed by atoms with van der Waals surface area (Å²) in [6, 6.07) is 9.68. The van der Waals surface area contributed by atoms with Crippen LogP contribution in [0.15, 0.2) is 40.9 Å². The highest BCUT2D eigenvalue weighted by atomic mass is 79.9. The number of anilines is 1. The van der Waals surface area contributed by atoms with Crippen LogP contribution in [0.2, 0.25) is 0 Å². The van der Waals surface area contributed by atoms with E-state index in [9.17, 15) is 9.18 Å². The van der Waals surface area contributed by atoms with Gasteiger partial charge in [0, 0.05) is 10.2 Å². The Bertz CT molecular complexity index is 673. The molecule has 5 heteroatoms. The SMILES string of the molecule is CCOc1ccc(NC(=O)c2ccc(Br)cc2F)c(C)c1. The minimum atomic E-state index is -0.564. The molecule has 0 radical (unpaired) electrons. The Morgan fingerprint density at radius 1 is 1.29 bits per heavy atom. The minimum Gasteiger partial charge on any atom is -0.494 e. The zero-order valence-electron chi connectivity index (χ0n) is 11.7. The molecule has 0 unspecified atom stereocenters. The van der Waals surface area contributed by atoms with Crippen LogP contribution < -0.4 is 10.1 Å². The molecule has 0 atom stereocenters. The average Bonchev–Trinajstić information content (AvgIpc) is 2.42. The number of benzene rings is 2. The van der Waals surface area contributed by atoms with Crippen molar-refractivity contribution in [2.24, 2.45) is 0 Å². The Morgan fingerprint density at radius 3 is 2.67 bits per heavy atom. The van der Waals surface area contributed by atoms with E-state index in [0.717, 1.165) is 11.3 Å². The normalized spacial score (nSPS) is 10.3. The van der Waals surface area contributed by atoms with Crippen molar-refractivity contribution in [2.45, 2.75) is 13.8 Å². The maximum Gasteiger partial charge on any atom is 0.258 e. The molecule has 0 fully saturated rings. The van der Waals surface area contributed by atoms with Gasteiger partial charge in [-0.3, -0.25) is 4.79 Å². The molecule has 0 spiro atoms. The quantitative estimate of drug-likeness (QED) is 0.877. The van der Waals surface area contributed by atoms with Gasteiger partial charge in [-0.25, -0.2) is 4.39 Å². The molecule has 0 aliphatic carbocycles. The fraction of sp³-hybridized carbons (Fsp3) is 0.188. The summed E-state index contributed by atoms with van der Waals surface area (Å²) >= 11 is 3.16. The number of rotatable bonds is 4. The van der Waals surface area contributed by atoms with E-state index >= 15 is 0 Å². The lowest BCUT2D eigenvalue weighted by Gasteiger charge is -2.11. The van der Waals surface area contributed by atoms with Gasteiger partial charge in [0.15, 0.2) is 0 Å². The molecule has 0 saturated heterocycles. The molecule has 0 aliphatic rings. The molecule has 2 rings (SSSR count). The number of carbonyl (C=O) groups excluding carboxylic acids is 1. The average molecular weight is 352 g/mol. The molecular formula is C16H15BrFNO2.